The third-order valence-corrected chi connectivity index (χ3v) is 1.80. The normalized spacial score (nSPS) is 12.1. The zero-order chi connectivity index (χ0) is 10.2. The monoisotopic (exact) mass is 186 g/mol. The van der Waals surface area contributed by atoms with E-state index in [-0.39, 0.29) is 0 Å². The highest BCUT2D eigenvalue weighted by Crippen LogP contribution is 2.03. The number of aliphatic hydroxyl groups excluding tert-OH is 1. The van der Waals surface area contributed by atoms with E-state index in [0.29, 0.717) is 6.42 Å². The summed E-state index contributed by atoms with van der Waals surface area (Å²) < 4.78 is 0. The van der Waals surface area contributed by atoms with E-state index in [4.69, 9.17) is 0 Å². The first kappa shape index (κ1) is 10.6. The van der Waals surface area contributed by atoms with Crippen molar-refractivity contribution in [3.05, 3.63) is 42.0 Å². The van der Waals surface area contributed by atoms with Gasteiger partial charge in [-0.2, -0.15) is 0 Å². The average Bonchev–Trinajstić information content (AvgIpc) is 2.25. The lowest BCUT2D eigenvalue weighted by atomic mass is 10.1. The molecule has 0 radical (unpaired) electrons. The molecule has 0 fully saturated rings. The van der Waals surface area contributed by atoms with Crippen LogP contribution in [0.25, 0.3) is 6.08 Å². The smallest absolute Gasteiger partial charge is 0.0833 e. The molecule has 14 heavy (non-hydrogen) atoms. The van der Waals surface area contributed by atoms with Crippen LogP contribution < -0.4 is 0 Å². The maximum atomic E-state index is 9.45. The van der Waals surface area contributed by atoms with E-state index in [2.05, 4.69) is 11.8 Å². The first-order valence-corrected chi connectivity index (χ1v) is 4.64. The molecule has 1 aromatic rings. The molecular formula is C13H14O. The molecule has 1 heteroatoms. The maximum Gasteiger partial charge on any atom is 0.0833 e. The molecule has 1 nitrogen and oxygen atoms in total. The second-order valence-corrected chi connectivity index (χ2v) is 2.97. The second kappa shape index (κ2) is 6.01. The minimum atomic E-state index is -0.470. The highest BCUT2D eigenvalue weighted by Gasteiger charge is 1.94. The van der Waals surface area contributed by atoms with Gasteiger partial charge in [0.1, 0.15) is 0 Å². The first-order chi connectivity index (χ1) is 6.83. The van der Waals surface area contributed by atoms with E-state index in [9.17, 15) is 5.11 Å². The summed E-state index contributed by atoms with van der Waals surface area (Å²) in [4.78, 5) is 0. The number of rotatable bonds is 3. The fraction of sp³-hybridized carbons (Fsp3) is 0.231. The van der Waals surface area contributed by atoms with Crippen LogP contribution in [0.1, 0.15) is 18.9 Å². The zero-order valence-corrected chi connectivity index (χ0v) is 8.27. The predicted octanol–water partition coefficient (Wildman–Crippen LogP) is 2.47. The molecule has 1 N–H and O–H groups in total. The Morgan fingerprint density at radius 1 is 1.36 bits per heavy atom. The number of aliphatic hydroxyl groups is 1. The Balaban J connectivity index is 2.50. The summed E-state index contributed by atoms with van der Waals surface area (Å²) in [5.41, 5.74) is 1.09. The molecular weight excluding hydrogens is 172 g/mol. The van der Waals surface area contributed by atoms with Gasteiger partial charge < -0.3 is 5.11 Å². The van der Waals surface area contributed by atoms with Gasteiger partial charge in [0.05, 0.1) is 6.10 Å². The van der Waals surface area contributed by atoms with Gasteiger partial charge >= 0.3 is 0 Å². The Morgan fingerprint density at radius 2 is 2.07 bits per heavy atom. The maximum absolute atomic E-state index is 9.45. The summed E-state index contributed by atoms with van der Waals surface area (Å²) in [5.74, 6) is 5.59. The molecule has 0 saturated carbocycles. The molecule has 1 unspecified atom stereocenters. The van der Waals surface area contributed by atoms with Gasteiger partial charge in [0.15, 0.2) is 0 Å². The van der Waals surface area contributed by atoms with Crippen LogP contribution in [-0.2, 0) is 0 Å². The van der Waals surface area contributed by atoms with Crippen LogP contribution in [-0.4, -0.2) is 11.2 Å². The summed E-state index contributed by atoms with van der Waals surface area (Å²) in [5, 5.41) is 9.45. The summed E-state index contributed by atoms with van der Waals surface area (Å²) in [6, 6.07) is 9.90. The molecule has 1 rings (SSSR count). The average molecular weight is 186 g/mol. The van der Waals surface area contributed by atoms with E-state index >= 15 is 0 Å². The van der Waals surface area contributed by atoms with Gasteiger partial charge in [-0.25, -0.2) is 0 Å². The van der Waals surface area contributed by atoms with Crippen molar-refractivity contribution in [1.82, 2.24) is 0 Å². The molecule has 0 heterocycles. The summed E-state index contributed by atoms with van der Waals surface area (Å²) in [7, 11) is 0. The minimum absolute atomic E-state index is 0.470. The Hall–Kier alpha value is -1.52. The van der Waals surface area contributed by atoms with Gasteiger partial charge in [-0.3, -0.25) is 0 Å². The molecule has 0 aliphatic heterocycles. The van der Waals surface area contributed by atoms with Crippen LogP contribution in [0.15, 0.2) is 36.4 Å². The molecule has 0 saturated heterocycles. The van der Waals surface area contributed by atoms with Crippen molar-refractivity contribution in [3.63, 3.8) is 0 Å². The second-order valence-electron chi connectivity index (χ2n) is 2.97. The third-order valence-electron chi connectivity index (χ3n) is 1.80. The fourth-order valence-corrected chi connectivity index (χ4v) is 1.06. The van der Waals surface area contributed by atoms with Gasteiger partial charge in [-0.05, 0) is 12.5 Å². The zero-order valence-electron chi connectivity index (χ0n) is 8.27. The van der Waals surface area contributed by atoms with Gasteiger partial charge in [-0.15, -0.1) is 11.8 Å². The van der Waals surface area contributed by atoms with Crippen molar-refractivity contribution in [2.24, 2.45) is 0 Å². The lowest BCUT2D eigenvalue weighted by Gasteiger charge is -1.98. The van der Waals surface area contributed by atoms with Crippen LogP contribution in [0.3, 0.4) is 0 Å². The lowest BCUT2D eigenvalue weighted by molar-refractivity contribution is 0.230. The van der Waals surface area contributed by atoms with Gasteiger partial charge in [0.2, 0.25) is 0 Å². The van der Waals surface area contributed by atoms with Gasteiger partial charge in [0, 0.05) is 6.42 Å². The largest absolute Gasteiger partial charge is 0.388 e. The highest BCUT2D eigenvalue weighted by atomic mass is 16.3. The molecule has 0 aliphatic rings. The Bertz CT molecular complexity index is 340. The quantitative estimate of drug-likeness (QED) is 0.719. The van der Waals surface area contributed by atoms with Gasteiger partial charge in [0.25, 0.3) is 0 Å². The lowest BCUT2D eigenvalue weighted by Crippen LogP contribution is -1.99. The molecule has 0 aliphatic carbocycles. The summed E-state index contributed by atoms with van der Waals surface area (Å²) in [6.45, 7) is 1.77. The van der Waals surface area contributed by atoms with Crippen LogP contribution in [0.2, 0.25) is 0 Å². The summed E-state index contributed by atoms with van der Waals surface area (Å²) >= 11 is 0. The van der Waals surface area contributed by atoms with Crippen LogP contribution >= 0.6 is 0 Å². The molecule has 0 spiro atoms. The van der Waals surface area contributed by atoms with E-state index in [1.165, 1.54) is 0 Å². The van der Waals surface area contributed by atoms with Gasteiger partial charge in [-0.1, -0.05) is 42.5 Å². The van der Waals surface area contributed by atoms with Crippen LogP contribution in [0.5, 0.6) is 0 Å². The van der Waals surface area contributed by atoms with E-state index < -0.39 is 6.10 Å². The molecule has 72 valence electrons. The molecule has 1 atom stereocenters. The number of hydrogen-bond donors (Lipinski definition) is 1. The van der Waals surface area contributed by atoms with Crippen molar-refractivity contribution in [1.29, 1.82) is 0 Å². The van der Waals surface area contributed by atoms with Crippen LogP contribution in [0, 0.1) is 11.8 Å². The number of hydrogen-bond acceptors (Lipinski definition) is 1. The Morgan fingerprint density at radius 3 is 2.71 bits per heavy atom. The SMILES string of the molecule is CC#CCC(O)/C=C/c1ccccc1. The van der Waals surface area contributed by atoms with Crippen molar-refractivity contribution < 1.29 is 5.11 Å². The molecule has 0 amide bonds. The molecule has 0 bridgehead atoms. The minimum Gasteiger partial charge on any atom is -0.388 e. The predicted molar refractivity (Wildman–Crippen MR) is 59.5 cm³/mol. The third kappa shape index (κ3) is 3.93. The summed E-state index contributed by atoms with van der Waals surface area (Å²) in [6.07, 6.45) is 3.70. The van der Waals surface area contributed by atoms with E-state index in [1.807, 2.05) is 36.4 Å². The van der Waals surface area contributed by atoms with Crippen molar-refractivity contribution >= 4 is 6.08 Å². The van der Waals surface area contributed by atoms with Crippen LogP contribution in [0.4, 0.5) is 0 Å². The standard InChI is InChI=1S/C13H14O/c1-2-3-9-13(14)11-10-12-7-5-4-6-8-12/h4-8,10-11,13-14H,9H2,1H3/b11-10+. The van der Waals surface area contributed by atoms with E-state index in [1.54, 1.807) is 13.0 Å². The topological polar surface area (TPSA) is 20.2 Å². The first-order valence-electron chi connectivity index (χ1n) is 4.64. The van der Waals surface area contributed by atoms with Crippen molar-refractivity contribution in [3.8, 4) is 11.8 Å². The molecule has 1 aromatic carbocycles. The highest BCUT2D eigenvalue weighted by molar-refractivity contribution is 5.49. The van der Waals surface area contributed by atoms with E-state index in [0.717, 1.165) is 5.56 Å². The molecule has 0 aromatic heterocycles. The Kier molecular flexibility index (Phi) is 4.54. The number of benzene rings is 1. The fourth-order valence-electron chi connectivity index (χ4n) is 1.06. The van der Waals surface area contributed by atoms with Crippen molar-refractivity contribution in [2.45, 2.75) is 19.4 Å². The Labute approximate surface area is 85.1 Å². The van der Waals surface area contributed by atoms with Crippen molar-refractivity contribution in [2.75, 3.05) is 0 Å².